The van der Waals surface area contributed by atoms with Crippen LogP contribution in [0.1, 0.15) is 12.8 Å². The van der Waals surface area contributed by atoms with Crippen molar-refractivity contribution in [3.63, 3.8) is 0 Å². The second-order valence-electron chi connectivity index (χ2n) is 7.75. The second-order valence-corrected chi connectivity index (χ2v) is 9.44. The summed E-state index contributed by atoms with van der Waals surface area (Å²) in [6.45, 7) is 0.871. The quantitative estimate of drug-likeness (QED) is 0.638. The first-order valence-corrected chi connectivity index (χ1v) is 11.5. The Labute approximate surface area is 181 Å². The maximum Gasteiger partial charge on any atom is 0.261 e. The van der Waals surface area contributed by atoms with Gasteiger partial charge in [0, 0.05) is 55.5 Å². The summed E-state index contributed by atoms with van der Waals surface area (Å²) in [5.41, 5.74) is 1.98. The summed E-state index contributed by atoms with van der Waals surface area (Å²) in [5.74, 6) is 0.0302. The van der Waals surface area contributed by atoms with Crippen molar-refractivity contribution in [1.29, 1.82) is 0 Å². The predicted octanol–water partition coefficient (Wildman–Crippen LogP) is 2.66. The van der Waals surface area contributed by atoms with Crippen molar-refractivity contribution in [2.24, 2.45) is 0 Å². The number of carbonyl (C=O) groups is 2. The van der Waals surface area contributed by atoms with Crippen LogP contribution >= 0.6 is 0 Å². The van der Waals surface area contributed by atoms with E-state index in [1.807, 2.05) is 16.8 Å². The van der Waals surface area contributed by atoms with Gasteiger partial charge in [0.1, 0.15) is 6.54 Å². The van der Waals surface area contributed by atoms with Crippen LogP contribution in [0.15, 0.2) is 59.6 Å². The summed E-state index contributed by atoms with van der Waals surface area (Å²) in [7, 11) is -0.371. The molecule has 0 atom stereocenters. The molecule has 0 bridgehead atoms. The number of benzene rings is 2. The molecular weight excluding hydrogens is 416 g/mol. The number of aromatic nitrogens is 1. The third kappa shape index (κ3) is 4.27. The number of carbonyl (C=O) groups excluding carboxylic acids is 2. The molecule has 1 aliphatic heterocycles. The Morgan fingerprint density at radius 3 is 2.48 bits per heavy atom. The minimum absolute atomic E-state index is 0.0265. The zero-order valence-electron chi connectivity index (χ0n) is 17.4. The van der Waals surface area contributed by atoms with Crippen LogP contribution in [0.3, 0.4) is 0 Å². The van der Waals surface area contributed by atoms with E-state index in [1.54, 1.807) is 49.3 Å². The Balaban J connectivity index is 1.52. The highest BCUT2D eigenvalue weighted by atomic mass is 32.2. The van der Waals surface area contributed by atoms with Gasteiger partial charge in [-0.25, -0.2) is 8.42 Å². The molecule has 3 aromatic rings. The molecule has 1 saturated heterocycles. The fourth-order valence-corrected chi connectivity index (χ4v) is 4.68. The summed E-state index contributed by atoms with van der Waals surface area (Å²) in [4.78, 5) is 27.2. The van der Waals surface area contributed by atoms with Crippen molar-refractivity contribution in [3.8, 4) is 0 Å². The van der Waals surface area contributed by atoms with Crippen LogP contribution in [0, 0.1) is 0 Å². The van der Waals surface area contributed by atoms with E-state index in [0.29, 0.717) is 24.3 Å². The Morgan fingerprint density at radius 2 is 1.84 bits per heavy atom. The zero-order valence-corrected chi connectivity index (χ0v) is 18.2. The molecule has 0 saturated carbocycles. The van der Waals surface area contributed by atoms with Gasteiger partial charge in [0.15, 0.2) is 0 Å². The van der Waals surface area contributed by atoms with E-state index >= 15 is 0 Å². The van der Waals surface area contributed by atoms with Crippen LogP contribution in [0.2, 0.25) is 0 Å². The number of fused-ring (bicyclic) bond motifs is 1. The molecule has 31 heavy (non-hydrogen) atoms. The van der Waals surface area contributed by atoms with Gasteiger partial charge in [0.2, 0.25) is 11.8 Å². The molecular formula is C22H24N4O4S. The molecule has 0 radical (unpaired) electrons. The summed E-state index contributed by atoms with van der Waals surface area (Å²) in [6, 6.07) is 13.4. The summed E-state index contributed by atoms with van der Waals surface area (Å²) in [5, 5.41) is 0.828. The first-order chi connectivity index (χ1) is 14.7. The van der Waals surface area contributed by atoms with Gasteiger partial charge in [-0.2, -0.15) is 0 Å². The normalized spacial score (nSPS) is 14.3. The average molecular weight is 441 g/mol. The maximum absolute atomic E-state index is 12.8. The fourth-order valence-electron chi connectivity index (χ4n) is 3.63. The van der Waals surface area contributed by atoms with Gasteiger partial charge in [-0.15, -0.1) is 0 Å². The standard InChI is InChI=1S/C22H24N4O4S/c1-24(2)22(28)15-25-13-11-16-14-17(5-10-20(16)25)23-31(29,30)19-8-6-18(7-9-19)26-12-3-4-21(26)27/h5-11,13-14,23H,3-4,12,15H2,1-2H3. The molecule has 0 spiro atoms. The van der Waals surface area contributed by atoms with Crippen LogP contribution in [0.5, 0.6) is 0 Å². The van der Waals surface area contributed by atoms with Crippen molar-refractivity contribution in [2.45, 2.75) is 24.3 Å². The van der Waals surface area contributed by atoms with E-state index in [4.69, 9.17) is 0 Å². The number of nitrogens with zero attached hydrogens (tertiary/aromatic N) is 3. The van der Waals surface area contributed by atoms with Gasteiger partial charge in [-0.05, 0) is 55.0 Å². The minimum atomic E-state index is -3.78. The first-order valence-electron chi connectivity index (χ1n) is 9.97. The Hall–Kier alpha value is -3.33. The number of anilines is 2. The second kappa shape index (κ2) is 8.07. The molecule has 4 rings (SSSR count). The highest BCUT2D eigenvalue weighted by Crippen LogP contribution is 2.26. The van der Waals surface area contributed by atoms with E-state index < -0.39 is 10.0 Å². The average Bonchev–Trinajstić information content (AvgIpc) is 3.33. The molecule has 2 amide bonds. The van der Waals surface area contributed by atoms with E-state index in [1.165, 1.54) is 17.0 Å². The summed E-state index contributed by atoms with van der Waals surface area (Å²) < 4.78 is 30.1. The number of sulfonamides is 1. The first kappa shape index (κ1) is 20.9. The van der Waals surface area contributed by atoms with Crippen LogP contribution in [0.4, 0.5) is 11.4 Å². The van der Waals surface area contributed by atoms with Gasteiger partial charge in [0.25, 0.3) is 10.0 Å². The van der Waals surface area contributed by atoms with Crippen LogP contribution in [0.25, 0.3) is 10.9 Å². The molecule has 1 aliphatic rings. The van der Waals surface area contributed by atoms with Gasteiger partial charge < -0.3 is 14.4 Å². The number of hydrogen-bond donors (Lipinski definition) is 1. The number of hydrogen-bond acceptors (Lipinski definition) is 4. The molecule has 2 heterocycles. The maximum atomic E-state index is 12.8. The predicted molar refractivity (Wildman–Crippen MR) is 119 cm³/mol. The highest BCUT2D eigenvalue weighted by molar-refractivity contribution is 7.92. The van der Waals surface area contributed by atoms with Gasteiger partial charge >= 0.3 is 0 Å². The summed E-state index contributed by atoms with van der Waals surface area (Å²) in [6.07, 6.45) is 3.14. The minimum Gasteiger partial charge on any atom is -0.347 e. The van der Waals surface area contributed by atoms with E-state index in [9.17, 15) is 18.0 Å². The lowest BCUT2D eigenvalue weighted by molar-refractivity contribution is -0.129. The van der Waals surface area contributed by atoms with Crippen molar-refractivity contribution in [1.82, 2.24) is 9.47 Å². The van der Waals surface area contributed by atoms with Crippen molar-refractivity contribution in [3.05, 3.63) is 54.7 Å². The molecule has 8 nitrogen and oxygen atoms in total. The number of amides is 2. The highest BCUT2D eigenvalue weighted by Gasteiger charge is 2.22. The molecule has 2 aromatic carbocycles. The molecule has 1 aromatic heterocycles. The molecule has 1 N–H and O–H groups in total. The van der Waals surface area contributed by atoms with Gasteiger partial charge in [0.05, 0.1) is 4.90 Å². The molecule has 162 valence electrons. The van der Waals surface area contributed by atoms with Crippen molar-refractivity contribution < 1.29 is 18.0 Å². The Bertz CT molecular complexity index is 1250. The lowest BCUT2D eigenvalue weighted by Gasteiger charge is -2.16. The number of likely N-dealkylation sites (N-methyl/N-ethyl adjacent to an activating group) is 1. The van der Waals surface area contributed by atoms with Gasteiger partial charge in [-0.3, -0.25) is 14.3 Å². The number of rotatable bonds is 6. The van der Waals surface area contributed by atoms with Crippen molar-refractivity contribution >= 4 is 44.1 Å². The third-order valence-corrected chi connectivity index (χ3v) is 6.76. The number of nitrogens with one attached hydrogen (secondary N) is 1. The third-order valence-electron chi connectivity index (χ3n) is 5.36. The van der Waals surface area contributed by atoms with Crippen LogP contribution in [-0.4, -0.2) is 50.3 Å². The van der Waals surface area contributed by atoms with E-state index in [-0.39, 0.29) is 23.3 Å². The topological polar surface area (TPSA) is 91.7 Å². The smallest absolute Gasteiger partial charge is 0.261 e. The molecule has 0 aliphatic carbocycles. The molecule has 1 fully saturated rings. The molecule has 9 heteroatoms. The molecule has 0 unspecified atom stereocenters. The monoisotopic (exact) mass is 440 g/mol. The Morgan fingerprint density at radius 1 is 1.10 bits per heavy atom. The van der Waals surface area contributed by atoms with Crippen LogP contribution in [-0.2, 0) is 26.2 Å². The van der Waals surface area contributed by atoms with Gasteiger partial charge in [-0.1, -0.05) is 0 Å². The lowest BCUT2D eigenvalue weighted by Crippen LogP contribution is -2.25. The lowest BCUT2D eigenvalue weighted by atomic mass is 10.2. The Kier molecular flexibility index (Phi) is 5.45. The SMILES string of the molecule is CN(C)C(=O)Cn1ccc2cc(NS(=O)(=O)c3ccc(N4CCCC4=O)cc3)ccc21. The van der Waals surface area contributed by atoms with E-state index in [2.05, 4.69) is 4.72 Å². The largest absolute Gasteiger partial charge is 0.347 e. The zero-order chi connectivity index (χ0) is 22.2. The van der Waals surface area contributed by atoms with Crippen LogP contribution < -0.4 is 9.62 Å². The van der Waals surface area contributed by atoms with Crippen molar-refractivity contribution in [2.75, 3.05) is 30.3 Å². The summed E-state index contributed by atoms with van der Waals surface area (Å²) >= 11 is 0. The van der Waals surface area contributed by atoms with E-state index in [0.717, 1.165) is 17.3 Å². The fraction of sp³-hybridized carbons (Fsp3) is 0.273.